The second-order valence-corrected chi connectivity index (χ2v) is 6.87. The van der Waals surface area contributed by atoms with Crippen LogP contribution < -0.4 is 10.2 Å². The zero-order valence-corrected chi connectivity index (χ0v) is 13.0. The lowest BCUT2D eigenvalue weighted by molar-refractivity contribution is 0.341. The van der Waals surface area contributed by atoms with Crippen LogP contribution in [0.5, 0.6) is 0 Å². The standard InChI is InChI=1S/C17H26N4/c1-2-18-15-11-16(20-17(19-15)13-7-8-13)21-10-9-12-5-3-4-6-14(12)21/h11-14H,2-10H2,1H3,(H,18,19,20). The first-order chi connectivity index (χ1) is 10.3. The molecule has 1 N–H and O–H groups in total. The van der Waals surface area contributed by atoms with Crippen molar-refractivity contribution in [3.63, 3.8) is 0 Å². The molecule has 4 nitrogen and oxygen atoms in total. The number of fused-ring (bicyclic) bond motifs is 1. The van der Waals surface area contributed by atoms with Crippen molar-refractivity contribution in [2.45, 2.75) is 63.8 Å². The predicted molar refractivity (Wildman–Crippen MR) is 85.9 cm³/mol. The molecule has 0 spiro atoms. The van der Waals surface area contributed by atoms with Crippen LogP contribution in [0.4, 0.5) is 11.6 Å². The fraction of sp³-hybridized carbons (Fsp3) is 0.765. The molecule has 3 aliphatic rings. The highest BCUT2D eigenvalue weighted by Crippen LogP contribution is 2.41. The monoisotopic (exact) mass is 286 g/mol. The van der Waals surface area contributed by atoms with Gasteiger partial charge >= 0.3 is 0 Å². The maximum Gasteiger partial charge on any atom is 0.136 e. The molecule has 0 radical (unpaired) electrons. The lowest BCUT2D eigenvalue weighted by Gasteiger charge is -2.32. The van der Waals surface area contributed by atoms with Crippen molar-refractivity contribution >= 4 is 11.6 Å². The number of nitrogens with zero attached hydrogens (tertiary/aromatic N) is 3. The molecule has 2 aliphatic carbocycles. The number of rotatable bonds is 4. The molecular formula is C17H26N4. The molecule has 3 fully saturated rings. The molecule has 4 rings (SSSR count). The van der Waals surface area contributed by atoms with Gasteiger partial charge in [0.2, 0.25) is 0 Å². The quantitative estimate of drug-likeness (QED) is 0.919. The fourth-order valence-electron chi connectivity index (χ4n) is 4.09. The van der Waals surface area contributed by atoms with Crippen LogP contribution in [0, 0.1) is 5.92 Å². The summed E-state index contributed by atoms with van der Waals surface area (Å²) in [6.45, 7) is 4.24. The van der Waals surface area contributed by atoms with Gasteiger partial charge in [0.05, 0.1) is 0 Å². The lowest BCUT2D eigenvalue weighted by Crippen LogP contribution is -2.35. The smallest absolute Gasteiger partial charge is 0.136 e. The minimum atomic E-state index is 0.618. The topological polar surface area (TPSA) is 41.0 Å². The van der Waals surface area contributed by atoms with Crippen LogP contribution in [0.25, 0.3) is 0 Å². The second kappa shape index (κ2) is 5.47. The Labute approximate surface area is 127 Å². The van der Waals surface area contributed by atoms with Gasteiger partial charge in [0.25, 0.3) is 0 Å². The van der Waals surface area contributed by atoms with Gasteiger partial charge < -0.3 is 10.2 Å². The summed E-state index contributed by atoms with van der Waals surface area (Å²) in [5, 5.41) is 3.39. The van der Waals surface area contributed by atoms with Crippen molar-refractivity contribution in [2.24, 2.45) is 5.92 Å². The minimum absolute atomic E-state index is 0.618. The van der Waals surface area contributed by atoms with E-state index in [1.165, 1.54) is 57.3 Å². The third kappa shape index (κ3) is 2.60. The number of anilines is 2. The van der Waals surface area contributed by atoms with Gasteiger partial charge in [-0.3, -0.25) is 0 Å². The molecule has 4 heteroatoms. The van der Waals surface area contributed by atoms with Gasteiger partial charge in [0, 0.05) is 31.1 Å². The second-order valence-electron chi connectivity index (χ2n) is 6.87. The largest absolute Gasteiger partial charge is 0.370 e. The summed E-state index contributed by atoms with van der Waals surface area (Å²) in [6.07, 6.45) is 9.46. The highest BCUT2D eigenvalue weighted by Gasteiger charge is 2.37. The Bertz CT molecular complexity index is 512. The summed E-state index contributed by atoms with van der Waals surface area (Å²) < 4.78 is 0. The van der Waals surface area contributed by atoms with Crippen LogP contribution in [-0.4, -0.2) is 29.1 Å². The summed E-state index contributed by atoms with van der Waals surface area (Å²) in [6, 6.07) is 2.90. The van der Waals surface area contributed by atoms with E-state index < -0.39 is 0 Å². The normalized spacial score (nSPS) is 28.5. The van der Waals surface area contributed by atoms with E-state index in [4.69, 9.17) is 9.97 Å². The Balaban J connectivity index is 1.63. The summed E-state index contributed by atoms with van der Waals surface area (Å²) in [4.78, 5) is 12.2. The molecular weight excluding hydrogens is 260 g/mol. The fourth-order valence-corrected chi connectivity index (χ4v) is 4.09. The molecule has 1 saturated heterocycles. The van der Waals surface area contributed by atoms with E-state index in [9.17, 15) is 0 Å². The van der Waals surface area contributed by atoms with Gasteiger partial charge in [-0.15, -0.1) is 0 Å². The van der Waals surface area contributed by atoms with E-state index in [1.807, 2.05) is 0 Å². The van der Waals surface area contributed by atoms with Gasteiger partial charge in [0.1, 0.15) is 17.5 Å². The van der Waals surface area contributed by atoms with Crippen molar-refractivity contribution in [3.05, 3.63) is 11.9 Å². The zero-order valence-electron chi connectivity index (χ0n) is 13.0. The zero-order chi connectivity index (χ0) is 14.2. The summed E-state index contributed by atoms with van der Waals surface area (Å²) in [5.74, 6) is 4.79. The predicted octanol–water partition coefficient (Wildman–Crippen LogP) is 3.55. The van der Waals surface area contributed by atoms with Crippen molar-refractivity contribution in [3.8, 4) is 0 Å². The van der Waals surface area contributed by atoms with Crippen LogP contribution in [0.2, 0.25) is 0 Å². The summed E-state index contributed by atoms with van der Waals surface area (Å²) >= 11 is 0. The number of aromatic nitrogens is 2. The Morgan fingerprint density at radius 1 is 1.14 bits per heavy atom. The SMILES string of the molecule is CCNc1cc(N2CCC3CCCCC32)nc(C2CC2)n1. The van der Waals surface area contributed by atoms with E-state index in [2.05, 4.69) is 23.2 Å². The molecule has 114 valence electrons. The van der Waals surface area contributed by atoms with E-state index in [-0.39, 0.29) is 0 Å². The van der Waals surface area contributed by atoms with Crippen molar-refractivity contribution in [1.29, 1.82) is 0 Å². The molecule has 2 unspecified atom stereocenters. The van der Waals surface area contributed by atoms with Crippen LogP contribution in [-0.2, 0) is 0 Å². The third-order valence-electron chi connectivity index (χ3n) is 5.33. The van der Waals surface area contributed by atoms with E-state index in [0.717, 1.165) is 30.1 Å². The van der Waals surface area contributed by atoms with Gasteiger partial charge in [-0.25, -0.2) is 9.97 Å². The highest BCUT2D eigenvalue weighted by molar-refractivity contribution is 5.51. The maximum atomic E-state index is 4.93. The molecule has 1 aromatic rings. The number of hydrogen-bond donors (Lipinski definition) is 1. The lowest BCUT2D eigenvalue weighted by atomic mass is 9.85. The van der Waals surface area contributed by atoms with Crippen molar-refractivity contribution < 1.29 is 0 Å². The summed E-state index contributed by atoms with van der Waals surface area (Å²) in [5.41, 5.74) is 0. The van der Waals surface area contributed by atoms with Crippen LogP contribution >= 0.6 is 0 Å². The Hall–Kier alpha value is -1.32. The molecule has 0 amide bonds. The first kappa shape index (κ1) is 13.4. The minimum Gasteiger partial charge on any atom is -0.370 e. The van der Waals surface area contributed by atoms with Crippen molar-refractivity contribution in [1.82, 2.24) is 9.97 Å². The van der Waals surface area contributed by atoms with Gasteiger partial charge in [-0.1, -0.05) is 12.8 Å². The highest BCUT2D eigenvalue weighted by atomic mass is 15.3. The molecule has 2 atom stereocenters. The van der Waals surface area contributed by atoms with E-state index in [0.29, 0.717) is 5.92 Å². The van der Waals surface area contributed by atoms with Crippen LogP contribution in [0.15, 0.2) is 6.07 Å². The van der Waals surface area contributed by atoms with Crippen molar-refractivity contribution in [2.75, 3.05) is 23.3 Å². The van der Waals surface area contributed by atoms with Gasteiger partial charge in [-0.05, 0) is 44.9 Å². The first-order valence-corrected chi connectivity index (χ1v) is 8.74. The Morgan fingerprint density at radius 2 is 2.00 bits per heavy atom. The molecule has 1 aromatic heterocycles. The maximum absolute atomic E-state index is 4.93. The molecule has 2 heterocycles. The molecule has 0 bridgehead atoms. The van der Waals surface area contributed by atoms with E-state index >= 15 is 0 Å². The molecule has 21 heavy (non-hydrogen) atoms. The van der Waals surface area contributed by atoms with Crippen LogP contribution in [0.3, 0.4) is 0 Å². The van der Waals surface area contributed by atoms with Crippen LogP contribution in [0.1, 0.15) is 63.6 Å². The summed E-state index contributed by atoms with van der Waals surface area (Å²) in [7, 11) is 0. The molecule has 2 saturated carbocycles. The average Bonchev–Trinajstić information content (AvgIpc) is 3.27. The Morgan fingerprint density at radius 3 is 2.81 bits per heavy atom. The first-order valence-electron chi connectivity index (χ1n) is 8.74. The van der Waals surface area contributed by atoms with Gasteiger partial charge in [-0.2, -0.15) is 0 Å². The number of nitrogens with one attached hydrogen (secondary N) is 1. The third-order valence-corrected chi connectivity index (χ3v) is 5.33. The average molecular weight is 286 g/mol. The molecule has 0 aromatic carbocycles. The Kier molecular flexibility index (Phi) is 3.48. The van der Waals surface area contributed by atoms with Gasteiger partial charge in [0.15, 0.2) is 0 Å². The number of hydrogen-bond acceptors (Lipinski definition) is 4. The molecule has 1 aliphatic heterocycles. The van der Waals surface area contributed by atoms with E-state index in [1.54, 1.807) is 0 Å².